The number of nitrogens with zero attached hydrogens (tertiary/aromatic N) is 3. The Kier molecular flexibility index (Phi) is 4.56. The zero-order valence-electron chi connectivity index (χ0n) is 13.9. The lowest BCUT2D eigenvalue weighted by Crippen LogP contribution is -2.16. The van der Waals surface area contributed by atoms with Crippen LogP contribution < -0.4 is 15.8 Å². The highest BCUT2D eigenvalue weighted by molar-refractivity contribution is 5.97. The molecule has 3 aromatic rings. The molecule has 3 rings (SSSR count). The molecular formula is C18H17N5O2. The summed E-state index contributed by atoms with van der Waals surface area (Å²) in [6.07, 6.45) is 0. The molecule has 0 fully saturated rings. The molecular weight excluding hydrogens is 318 g/mol. The van der Waals surface area contributed by atoms with Crippen molar-refractivity contribution in [1.29, 1.82) is 0 Å². The van der Waals surface area contributed by atoms with Gasteiger partial charge < -0.3 is 15.8 Å². The first kappa shape index (κ1) is 16.4. The number of carbonyl (C=O) groups excluding carboxylic acids is 1. The Morgan fingerprint density at radius 1 is 1.08 bits per heavy atom. The number of pyridine rings is 1. The Labute approximate surface area is 144 Å². The van der Waals surface area contributed by atoms with Crippen LogP contribution in [-0.2, 0) is 0 Å². The summed E-state index contributed by atoms with van der Waals surface area (Å²) in [7, 11) is 0. The molecule has 3 N–H and O–H groups in total. The van der Waals surface area contributed by atoms with Crippen molar-refractivity contribution in [3.05, 3.63) is 65.5 Å². The predicted octanol–water partition coefficient (Wildman–Crippen LogP) is 3.12. The third-order valence-corrected chi connectivity index (χ3v) is 3.46. The number of nitrogens with one attached hydrogen (secondary N) is 1. The van der Waals surface area contributed by atoms with E-state index in [1.807, 2.05) is 50.2 Å². The molecule has 0 aliphatic rings. The van der Waals surface area contributed by atoms with Crippen LogP contribution in [0, 0.1) is 13.8 Å². The molecule has 0 spiro atoms. The van der Waals surface area contributed by atoms with Crippen molar-refractivity contribution < 1.29 is 9.53 Å². The molecule has 0 aliphatic heterocycles. The van der Waals surface area contributed by atoms with Crippen LogP contribution in [0.3, 0.4) is 0 Å². The van der Waals surface area contributed by atoms with E-state index in [1.165, 1.54) is 0 Å². The van der Waals surface area contributed by atoms with Gasteiger partial charge in [-0.15, -0.1) is 10.2 Å². The van der Waals surface area contributed by atoms with Crippen molar-refractivity contribution in [2.45, 2.75) is 13.8 Å². The molecule has 0 saturated heterocycles. The van der Waals surface area contributed by atoms with Gasteiger partial charge in [0.2, 0.25) is 5.88 Å². The van der Waals surface area contributed by atoms with Crippen LogP contribution in [0.25, 0.3) is 0 Å². The second kappa shape index (κ2) is 6.96. The minimum absolute atomic E-state index is 0.0143. The Balaban J connectivity index is 1.94. The van der Waals surface area contributed by atoms with Crippen molar-refractivity contribution in [3.8, 4) is 11.6 Å². The van der Waals surface area contributed by atoms with E-state index in [-0.39, 0.29) is 11.6 Å². The summed E-state index contributed by atoms with van der Waals surface area (Å²) in [6, 6.07) is 14.6. The standard InChI is InChI=1S/C18H17N5O2/c1-11-6-3-4-8-14(11)25-16-10-13(17(18(19)24)23-22-16)21-15-9-5-7-12(2)20-15/h3-10H,1-2H3,(H2,19,24)(H,20,21,22). The van der Waals surface area contributed by atoms with Crippen LogP contribution in [0.5, 0.6) is 11.6 Å². The number of amides is 1. The van der Waals surface area contributed by atoms with Gasteiger partial charge in [0, 0.05) is 11.8 Å². The van der Waals surface area contributed by atoms with E-state index in [4.69, 9.17) is 10.5 Å². The number of rotatable bonds is 5. The average Bonchev–Trinajstić information content (AvgIpc) is 2.57. The Morgan fingerprint density at radius 3 is 2.60 bits per heavy atom. The fourth-order valence-electron chi connectivity index (χ4n) is 2.24. The molecule has 0 unspecified atom stereocenters. The molecule has 126 valence electrons. The number of anilines is 2. The van der Waals surface area contributed by atoms with Crippen LogP contribution >= 0.6 is 0 Å². The number of aryl methyl sites for hydroxylation is 2. The number of nitrogens with two attached hydrogens (primary N) is 1. The van der Waals surface area contributed by atoms with E-state index in [0.29, 0.717) is 17.3 Å². The van der Waals surface area contributed by atoms with E-state index in [9.17, 15) is 4.79 Å². The van der Waals surface area contributed by atoms with Crippen molar-refractivity contribution in [2.75, 3.05) is 5.32 Å². The van der Waals surface area contributed by atoms with E-state index < -0.39 is 5.91 Å². The first-order valence-corrected chi connectivity index (χ1v) is 7.64. The number of carbonyl (C=O) groups is 1. The van der Waals surface area contributed by atoms with Gasteiger partial charge in [0.1, 0.15) is 11.6 Å². The van der Waals surface area contributed by atoms with Crippen LogP contribution in [0.4, 0.5) is 11.5 Å². The maximum atomic E-state index is 11.6. The number of hydrogen-bond acceptors (Lipinski definition) is 6. The zero-order chi connectivity index (χ0) is 17.8. The molecule has 0 radical (unpaired) electrons. The summed E-state index contributed by atoms with van der Waals surface area (Å²) in [5.41, 5.74) is 7.57. The lowest BCUT2D eigenvalue weighted by Gasteiger charge is -2.11. The fraction of sp³-hybridized carbons (Fsp3) is 0.111. The van der Waals surface area contributed by atoms with Gasteiger partial charge in [-0.2, -0.15) is 0 Å². The Morgan fingerprint density at radius 2 is 1.88 bits per heavy atom. The number of primary amides is 1. The molecule has 0 aliphatic carbocycles. The lowest BCUT2D eigenvalue weighted by molar-refractivity contribution is 0.0995. The monoisotopic (exact) mass is 335 g/mol. The quantitative estimate of drug-likeness (QED) is 0.742. The number of hydrogen-bond donors (Lipinski definition) is 2. The van der Waals surface area contributed by atoms with Gasteiger partial charge >= 0.3 is 0 Å². The minimum atomic E-state index is -0.690. The first-order chi connectivity index (χ1) is 12.0. The molecule has 0 saturated carbocycles. The van der Waals surface area contributed by atoms with Gasteiger partial charge in [-0.25, -0.2) is 4.98 Å². The summed E-state index contributed by atoms with van der Waals surface area (Å²) in [6.45, 7) is 3.80. The summed E-state index contributed by atoms with van der Waals surface area (Å²) in [5.74, 6) is 0.778. The number of para-hydroxylation sites is 1. The SMILES string of the molecule is Cc1cccc(Nc2cc(Oc3ccccc3C)nnc2C(N)=O)n1. The molecule has 0 bridgehead atoms. The van der Waals surface area contributed by atoms with E-state index in [1.54, 1.807) is 12.1 Å². The third-order valence-electron chi connectivity index (χ3n) is 3.46. The van der Waals surface area contributed by atoms with Crippen molar-refractivity contribution in [2.24, 2.45) is 5.73 Å². The Bertz CT molecular complexity index is 927. The Hall–Kier alpha value is -3.48. The second-order valence-corrected chi connectivity index (χ2v) is 5.47. The van der Waals surface area contributed by atoms with E-state index in [0.717, 1.165) is 11.3 Å². The average molecular weight is 335 g/mol. The maximum Gasteiger partial charge on any atom is 0.271 e. The number of aromatic nitrogens is 3. The molecule has 1 aromatic carbocycles. The molecule has 2 aromatic heterocycles. The van der Waals surface area contributed by atoms with Gasteiger partial charge in [0.05, 0.1) is 5.69 Å². The van der Waals surface area contributed by atoms with Crippen LogP contribution in [-0.4, -0.2) is 21.1 Å². The van der Waals surface area contributed by atoms with Gasteiger partial charge in [-0.3, -0.25) is 4.79 Å². The van der Waals surface area contributed by atoms with Crippen molar-refractivity contribution in [3.63, 3.8) is 0 Å². The number of benzene rings is 1. The smallest absolute Gasteiger partial charge is 0.271 e. The van der Waals surface area contributed by atoms with Crippen molar-refractivity contribution >= 4 is 17.4 Å². The fourth-order valence-corrected chi connectivity index (χ4v) is 2.24. The number of ether oxygens (including phenoxy) is 1. The normalized spacial score (nSPS) is 10.3. The highest BCUT2D eigenvalue weighted by Gasteiger charge is 2.14. The van der Waals surface area contributed by atoms with Gasteiger partial charge in [0.25, 0.3) is 5.91 Å². The van der Waals surface area contributed by atoms with Crippen molar-refractivity contribution in [1.82, 2.24) is 15.2 Å². The van der Waals surface area contributed by atoms with E-state index >= 15 is 0 Å². The largest absolute Gasteiger partial charge is 0.437 e. The molecule has 0 atom stereocenters. The third kappa shape index (κ3) is 3.89. The summed E-state index contributed by atoms with van der Waals surface area (Å²) >= 11 is 0. The van der Waals surface area contributed by atoms with Gasteiger partial charge in [-0.1, -0.05) is 24.3 Å². The molecule has 25 heavy (non-hydrogen) atoms. The minimum Gasteiger partial charge on any atom is -0.437 e. The van der Waals surface area contributed by atoms with E-state index in [2.05, 4.69) is 20.5 Å². The molecule has 1 amide bonds. The highest BCUT2D eigenvalue weighted by Crippen LogP contribution is 2.27. The summed E-state index contributed by atoms with van der Waals surface area (Å²) in [5, 5.41) is 10.8. The van der Waals surface area contributed by atoms with Crippen LogP contribution in [0.2, 0.25) is 0 Å². The van der Waals surface area contributed by atoms with Gasteiger partial charge in [-0.05, 0) is 37.6 Å². The second-order valence-electron chi connectivity index (χ2n) is 5.47. The van der Waals surface area contributed by atoms with Crippen LogP contribution in [0.15, 0.2) is 48.5 Å². The highest BCUT2D eigenvalue weighted by atomic mass is 16.5. The summed E-state index contributed by atoms with van der Waals surface area (Å²) in [4.78, 5) is 16.0. The molecule has 7 heteroatoms. The van der Waals surface area contributed by atoms with Crippen LogP contribution in [0.1, 0.15) is 21.7 Å². The molecule has 2 heterocycles. The molecule has 7 nitrogen and oxygen atoms in total. The lowest BCUT2D eigenvalue weighted by atomic mass is 10.2. The van der Waals surface area contributed by atoms with Gasteiger partial charge in [0.15, 0.2) is 5.69 Å². The zero-order valence-corrected chi connectivity index (χ0v) is 13.9. The topological polar surface area (TPSA) is 103 Å². The predicted molar refractivity (Wildman–Crippen MR) is 94.1 cm³/mol. The maximum absolute atomic E-state index is 11.6. The summed E-state index contributed by atoms with van der Waals surface area (Å²) < 4.78 is 5.76. The first-order valence-electron chi connectivity index (χ1n) is 7.64.